The highest BCUT2D eigenvalue weighted by atomic mass is 16.7. The fourth-order valence-electron chi connectivity index (χ4n) is 2.95. The van der Waals surface area contributed by atoms with E-state index in [-0.39, 0.29) is 25.3 Å². The van der Waals surface area contributed by atoms with E-state index in [9.17, 15) is 4.79 Å². The first-order chi connectivity index (χ1) is 13.8. The van der Waals surface area contributed by atoms with Gasteiger partial charge in [-0.1, -0.05) is 23.8 Å². The summed E-state index contributed by atoms with van der Waals surface area (Å²) in [4.78, 5) is 12.4. The van der Waals surface area contributed by atoms with E-state index in [4.69, 9.17) is 23.7 Å². The molecule has 1 atom stereocenters. The van der Waals surface area contributed by atoms with Crippen LogP contribution in [0.15, 0.2) is 29.9 Å². The molecule has 0 radical (unpaired) electrons. The van der Waals surface area contributed by atoms with E-state index in [1.54, 1.807) is 13.2 Å². The van der Waals surface area contributed by atoms with Gasteiger partial charge in [0.1, 0.15) is 22.8 Å². The van der Waals surface area contributed by atoms with Crippen LogP contribution in [0.5, 0.6) is 17.2 Å². The van der Waals surface area contributed by atoms with Crippen molar-refractivity contribution < 1.29 is 28.5 Å². The lowest BCUT2D eigenvalue weighted by molar-refractivity contribution is 0.0436. The summed E-state index contributed by atoms with van der Waals surface area (Å²) in [5.41, 5.74) is 3.41. The van der Waals surface area contributed by atoms with Gasteiger partial charge < -0.3 is 23.7 Å². The molecule has 6 heteroatoms. The third-order valence-electron chi connectivity index (χ3n) is 4.49. The number of carbonyl (C=O) groups excluding carboxylic acids is 1. The Labute approximate surface area is 174 Å². The van der Waals surface area contributed by atoms with Crippen LogP contribution in [0, 0.1) is 5.92 Å². The predicted molar refractivity (Wildman–Crippen MR) is 114 cm³/mol. The van der Waals surface area contributed by atoms with Crippen LogP contribution in [0.25, 0.3) is 0 Å². The second kappa shape index (κ2) is 12.3. The maximum absolute atomic E-state index is 12.4. The Hall–Kier alpha value is -2.31. The number of methoxy groups -OCH3 is 3. The fourth-order valence-corrected chi connectivity index (χ4v) is 2.95. The predicted octanol–water partition coefficient (Wildman–Crippen LogP) is 4.95. The van der Waals surface area contributed by atoms with Crippen LogP contribution in [-0.4, -0.2) is 40.7 Å². The van der Waals surface area contributed by atoms with Gasteiger partial charge in [0, 0.05) is 25.8 Å². The lowest BCUT2D eigenvalue weighted by Crippen LogP contribution is -2.14. The molecule has 0 heterocycles. The van der Waals surface area contributed by atoms with Crippen LogP contribution in [0.2, 0.25) is 0 Å². The van der Waals surface area contributed by atoms with Gasteiger partial charge in [-0.3, -0.25) is 4.79 Å². The maximum atomic E-state index is 12.4. The highest BCUT2D eigenvalue weighted by Gasteiger charge is 2.26. The first-order valence-electron chi connectivity index (χ1n) is 9.53. The van der Waals surface area contributed by atoms with Gasteiger partial charge in [-0.25, -0.2) is 0 Å². The van der Waals surface area contributed by atoms with Crippen molar-refractivity contribution in [2.24, 2.45) is 5.92 Å². The van der Waals surface area contributed by atoms with Gasteiger partial charge in [0.15, 0.2) is 19.4 Å². The van der Waals surface area contributed by atoms with Crippen LogP contribution in [0.1, 0.15) is 50.0 Å². The van der Waals surface area contributed by atoms with Crippen molar-refractivity contribution in [3.05, 3.63) is 41.0 Å². The third-order valence-corrected chi connectivity index (χ3v) is 4.49. The minimum Gasteiger partial charge on any atom is -0.496 e. The summed E-state index contributed by atoms with van der Waals surface area (Å²) in [6.45, 7) is 11.8. The van der Waals surface area contributed by atoms with Crippen LogP contribution in [0.3, 0.4) is 0 Å². The molecular weight excluding hydrogens is 372 g/mol. The summed E-state index contributed by atoms with van der Waals surface area (Å²) in [5, 5.41) is 0. The summed E-state index contributed by atoms with van der Waals surface area (Å²) in [6, 6.07) is 1.71. The van der Waals surface area contributed by atoms with Gasteiger partial charge in [-0.05, 0) is 46.5 Å². The molecule has 0 aliphatic rings. The molecule has 0 spiro atoms. The smallest absolute Gasteiger partial charge is 0.188 e. The summed E-state index contributed by atoms with van der Waals surface area (Å²) < 4.78 is 27.3. The Balaban J connectivity index is 3.62. The van der Waals surface area contributed by atoms with Crippen molar-refractivity contribution in [3.8, 4) is 17.2 Å². The molecule has 1 aromatic rings. The van der Waals surface area contributed by atoms with Gasteiger partial charge in [0.05, 0.1) is 7.11 Å². The Morgan fingerprint density at radius 3 is 2.14 bits per heavy atom. The normalized spacial score (nSPS) is 11.6. The highest BCUT2D eigenvalue weighted by Crippen LogP contribution is 2.42. The fraction of sp³-hybridized carbons (Fsp3) is 0.522. The van der Waals surface area contributed by atoms with Crippen molar-refractivity contribution in [3.63, 3.8) is 0 Å². The SMILES string of the molecule is C=C(C)C(CC=C(C)C)Cc1c(OCOC)cc(OC)c(C(C)=O)c1OCOC. The quantitative estimate of drug-likeness (QED) is 0.262. The zero-order chi connectivity index (χ0) is 22.0. The molecule has 29 heavy (non-hydrogen) atoms. The molecule has 0 aliphatic carbocycles. The number of rotatable bonds is 13. The second-order valence-electron chi connectivity index (χ2n) is 7.18. The highest BCUT2D eigenvalue weighted by molar-refractivity contribution is 6.00. The molecule has 0 bridgehead atoms. The summed E-state index contributed by atoms with van der Waals surface area (Å²) in [6.07, 6.45) is 3.59. The summed E-state index contributed by atoms with van der Waals surface area (Å²) in [5.74, 6) is 1.32. The van der Waals surface area contributed by atoms with Crippen LogP contribution < -0.4 is 14.2 Å². The molecule has 0 saturated carbocycles. The Bertz CT molecular complexity index is 731. The van der Waals surface area contributed by atoms with E-state index in [1.165, 1.54) is 26.7 Å². The largest absolute Gasteiger partial charge is 0.496 e. The summed E-state index contributed by atoms with van der Waals surface area (Å²) in [7, 11) is 4.59. The number of hydrogen-bond acceptors (Lipinski definition) is 6. The number of ether oxygens (including phenoxy) is 5. The lowest BCUT2D eigenvalue weighted by atomic mass is 9.88. The molecule has 1 unspecified atom stereocenters. The topological polar surface area (TPSA) is 63.2 Å². The molecule has 0 aliphatic heterocycles. The Kier molecular flexibility index (Phi) is 10.5. The van der Waals surface area contributed by atoms with Gasteiger partial charge in [-0.2, -0.15) is 0 Å². The third kappa shape index (κ3) is 7.22. The van der Waals surface area contributed by atoms with Crippen molar-refractivity contribution in [2.75, 3.05) is 34.9 Å². The van der Waals surface area contributed by atoms with Gasteiger partial charge >= 0.3 is 0 Å². The van der Waals surface area contributed by atoms with Crippen LogP contribution >= 0.6 is 0 Å². The van der Waals surface area contributed by atoms with Crippen molar-refractivity contribution in [2.45, 2.75) is 40.5 Å². The van der Waals surface area contributed by atoms with Gasteiger partial charge in [-0.15, -0.1) is 0 Å². The standard InChI is InChI=1S/C23H34O6/c1-15(2)9-10-18(16(3)4)11-19-20(28-13-25-6)12-21(27-8)22(17(5)24)23(19)29-14-26-7/h9,12,18H,3,10-11,13-14H2,1-2,4-8H3. The molecular formula is C23H34O6. The van der Waals surface area contributed by atoms with Gasteiger partial charge in [0.25, 0.3) is 0 Å². The van der Waals surface area contributed by atoms with E-state index in [0.29, 0.717) is 29.2 Å². The van der Waals surface area contributed by atoms with E-state index in [0.717, 1.165) is 17.6 Å². The number of ketones is 1. The first-order valence-corrected chi connectivity index (χ1v) is 9.53. The molecule has 0 fully saturated rings. The lowest BCUT2D eigenvalue weighted by Gasteiger charge is -2.23. The first kappa shape index (κ1) is 24.7. The number of Topliss-reactive ketones (excluding diaryl/α,β-unsaturated/α-hetero) is 1. The van der Waals surface area contributed by atoms with Crippen molar-refractivity contribution >= 4 is 5.78 Å². The molecule has 0 aromatic heterocycles. The number of benzene rings is 1. The Morgan fingerprint density at radius 1 is 1.03 bits per heavy atom. The minimum absolute atomic E-state index is 0.00409. The number of hydrogen-bond donors (Lipinski definition) is 0. The average Bonchev–Trinajstić information content (AvgIpc) is 2.67. The van der Waals surface area contributed by atoms with E-state index >= 15 is 0 Å². The van der Waals surface area contributed by atoms with Crippen molar-refractivity contribution in [1.82, 2.24) is 0 Å². The summed E-state index contributed by atoms with van der Waals surface area (Å²) >= 11 is 0. The Morgan fingerprint density at radius 2 is 1.66 bits per heavy atom. The molecule has 162 valence electrons. The van der Waals surface area contributed by atoms with Crippen LogP contribution in [0.4, 0.5) is 0 Å². The molecule has 0 N–H and O–H groups in total. The molecule has 1 rings (SSSR count). The monoisotopic (exact) mass is 406 g/mol. The minimum atomic E-state index is -0.163. The van der Waals surface area contributed by atoms with E-state index < -0.39 is 0 Å². The molecule has 6 nitrogen and oxygen atoms in total. The zero-order valence-corrected chi connectivity index (χ0v) is 18.7. The van der Waals surface area contributed by atoms with E-state index in [2.05, 4.69) is 26.5 Å². The molecule has 1 aromatic carbocycles. The maximum Gasteiger partial charge on any atom is 0.188 e. The van der Waals surface area contributed by atoms with Gasteiger partial charge in [0.2, 0.25) is 0 Å². The second-order valence-corrected chi connectivity index (χ2v) is 7.18. The van der Waals surface area contributed by atoms with Crippen molar-refractivity contribution in [1.29, 1.82) is 0 Å². The zero-order valence-electron chi connectivity index (χ0n) is 18.7. The van der Waals surface area contributed by atoms with Crippen LogP contribution in [-0.2, 0) is 15.9 Å². The molecule has 0 saturated heterocycles. The number of allylic oxidation sites excluding steroid dienone is 3. The van der Waals surface area contributed by atoms with E-state index in [1.807, 2.05) is 6.92 Å². The average molecular weight is 407 g/mol. The number of carbonyl (C=O) groups is 1. The molecule has 0 amide bonds.